The SMILES string of the molecule is Cc1c(C(=O)O)c(=O)oc2ccc(Cl)cc12. The zero-order valence-corrected chi connectivity index (χ0v) is 9.04. The van der Waals surface area contributed by atoms with Crippen molar-refractivity contribution in [3.8, 4) is 0 Å². The van der Waals surface area contributed by atoms with E-state index in [4.69, 9.17) is 21.1 Å². The van der Waals surface area contributed by atoms with Crippen molar-refractivity contribution in [3.63, 3.8) is 0 Å². The first kappa shape index (κ1) is 10.7. The van der Waals surface area contributed by atoms with Crippen LogP contribution in [0.15, 0.2) is 27.4 Å². The molecule has 1 N–H and O–H groups in total. The van der Waals surface area contributed by atoms with Crippen LogP contribution >= 0.6 is 11.6 Å². The molecular weight excluding hydrogens is 232 g/mol. The molecule has 0 atom stereocenters. The molecule has 0 aliphatic carbocycles. The maximum Gasteiger partial charge on any atom is 0.351 e. The first-order valence-electron chi connectivity index (χ1n) is 4.47. The van der Waals surface area contributed by atoms with E-state index in [1.54, 1.807) is 19.1 Å². The zero-order chi connectivity index (χ0) is 11.9. The molecule has 4 nitrogen and oxygen atoms in total. The van der Waals surface area contributed by atoms with Gasteiger partial charge in [0, 0.05) is 10.4 Å². The minimum absolute atomic E-state index is 0.330. The van der Waals surface area contributed by atoms with Gasteiger partial charge >= 0.3 is 11.6 Å². The van der Waals surface area contributed by atoms with Crippen LogP contribution in [0.1, 0.15) is 15.9 Å². The lowest BCUT2D eigenvalue weighted by atomic mass is 10.1. The molecule has 2 rings (SSSR count). The van der Waals surface area contributed by atoms with Crippen LogP contribution in [-0.2, 0) is 0 Å². The molecule has 2 aromatic rings. The molecule has 16 heavy (non-hydrogen) atoms. The van der Waals surface area contributed by atoms with Gasteiger partial charge in [-0.25, -0.2) is 9.59 Å². The van der Waals surface area contributed by atoms with Gasteiger partial charge < -0.3 is 9.52 Å². The van der Waals surface area contributed by atoms with Gasteiger partial charge in [-0.15, -0.1) is 0 Å². The summed E-state index contributed by atoms with van der Waals surface area (Å²) in [7, 11) is 0. The van der Waals surface area contributed by atoms with Gasteiger partial charge in [0.2, 0.25) is 0 Å². The first-order chi connectivity index (χ1) is 7.50. The summed E-state index contributed by atoms with van der Waals surface area (Å²) in [5.74, 6) is -1.30. The molecule has 1 heterocycles. The largest absolute Gasteiger partial charge is 0.477 e. The smallest absolute Gasteiger partial charge is 0.351 e. The van der Waals surface area contributed by atoms with E-state index < -0.39 is 11.6 Å². The Morgan fingerprint density at radius 1 is 1.44 bits per heavy atom. The average molecular weight is 239 g/mol. The van der Waals surface area contributed by atoms with Gasteiger partial charge in [0.25, 0.3) is 0 Å². The summed E-state index contributed by atoms with van der Waals surface area (Å²) >= 11 is 5.80. The number of carboxylic acids is 1. The Bertz CT molecular complexity index is 642. The predicted molar refractivity (Wildman–Crippen MR) is 59.2 cm³/mol. The lowest BCUT2D eigenvalue weighted by Gasteiger charge is -2.04. The molecule has 0 spiro atoms. The van der Waals surface area contributed by atoms with E-state index in [1.807, 2.05) is 0 Å². The summed E-state index contributed by atoms with van der Waals surface area (Å²) in [4.78, 5) is 22.3. The summed E-state index contributed by atoms with van der Waals surface area (Å²) in [6.45, 7) is 1.55. The maximum absolute atomic E-state index is 11.4. The Morgan fingerprint density at radius 3 is 2.75 bits per heavy atom. The first-order valence-corrected chi connectivity index (χ1v) is 4.85. The van der Waals surface area contributed by atoms with Crippen LogP contribution < -0.4 is 5.63 Å². The second kappa shape index (κ2) is 3.64. The second-order valence-corrected chi connectivity index (χ2v) is 3.77. The quantitative estimate of drug-likeness (QED) is 0.775. The van der Waals surface area contributed by atoms with Gasteiger partial charge in [-0.05, 0) is 30.7 Å². The molecule has 0 aliphatic heterocycles. The third-order valence-electron chi connectivity index (χ3n) is 2.34. The van der Waals surface area contributed by atoms with Crippen LogP contribution in [0.4, 0.5) is 0 Å². The molecule has 1 aromatic heterocycles. The minimum Gasteiger partial charge on any atom is -0.477 e. The normalized spacial score (nSPS) is 10.6. The average Bonchev–Trinajstić information content (AvgIpc) is 2.19. The van der Waals surface area contributed by atoms with Crippen molar-refractivity contribution in [2.45, 2.75) is 6.92 Å². The number of carboxylic acid groups (broad SMARTS) is 1. The summed E-state index contributed by atoms with van der Waals surface area (Å²) in [6, 6.07) is 4.69. The minimum atomic E-state index is -1.30. The van der Waals surface area contributed by atoms with Gasteiger partial charge in [-0.2, -0.15) is 0 Å². The third kappa shape index (κ3) is 1.57. The van der Waals surface area contributed by atoms with E-state index in [0.29, 0.717) is 21.6 Å². The van der Waals surface area contributed by atoms with Crippen molar-refractivity contribution in [2.75, 3.05) is 0 Å². The van der Waals surface area contributed by atoms with E-state index in [1.165, 1.54) is 6.07 Å². The number of benzene rings is 1. The monoisotopic (exact) mass is 238 g/mol. The molecule has 0 unspecified atom stereocenters. The molecule has 0 aliphatic rings. The van der Waals surface area contributed by atoms with Crippen LogP contribution in [0, 0.1) is 6.92 Å². The summed E-state index contributed by atoms with van der Waals surface area (Å²) in [5, 5.41) is 9.87. The molecule has 0 amide bonds. The number of halogens is 1. The predicted octanol–water partition coefficient (Wildman–Crippen LogP) is 2.45. The molecule has 1 aromatic carbocycles. The molecule has 0 saturated carbocycles. The van der Waals surface area contributed by atoms with Gasteiger partial charge in [-0.1, -0.05) is 11.6 Å². The third-order valence-corrected chi connectivity index (χ3v) is 2.58. The van der Waals surface area contributed by atoms with Crippen molar-refractivity contribution in [1.29, 1.82) is 0 Å². The number of hydrogen-bond acceptors (Lipinski definition) is 3. The lowest BCUT2D eigenvalue weighted by molar-refractivity contribution is 0.0691. The molecule has 0 bridgehead atoms. The van der Waals surface area contributed by atoms with Gasteiger partial charge in [0.15, 0.2) is 0 Å². The highest BCUT2D eigenvalue weighted by molar-refractivity contribution is 6.31. The highest BCUT2D eigenvalue weighted by Crippen LogP contribution is 2.22. The Labute approximate surface area is 95.1 Å². The van der Waals surface area contributed by atoms with Crippen LogP contribution in [0.3, 0.4) is 0 Å². The van der Waals surface area contributed by atoms with E-state index in [-0.39, 0.29) is 5.56 Å². The number of aromatic carboxylic acids is 1. The van der Waals surface area contributed by atoms with Crippen LogP contribution in [0.2, 0.25) is 5.02 Å². The number of aryl methyl sites for hydroxylation is 1. The van der Waals surface area contributed by atoms with Crippen molar-refractivity contribution in [1.82, 2.24) is 0 Å². The fraction of sp³-hybridized carbons (Fsp3) is 0.0909. The second-order valence-electron chi connectivity index (χ2n) is 3.34. The van der Waals surface area contributed by atoms with E-state index in [0.717, 1.165) is 0 Å². The molecule has 5 heteroatoms. The van der Waals surface area contributed by atoms with Gasteiger partial charge in [0.1, 0.15) is 11.1 Å². The van der Waals surface area contributed by atoms with E-state index in [2.05, 4.69) is 0 Å². The number of carbonyl (C=O) groups is 1. The van der Waals surface area contributed by atoms with E-state index >= 15 is 0 Å². The van der Waals surface area contributed by atoms with Crippen molar-refractivity contribution in [2.24, 2.45) is 0 Å². The molecule has 82 valence electrons. The van der Waals surface area contributed by atoms with Crippen molar-refractivity contribution >= 4 is 28.5 Å². The summed E-state index contributed by atoms with van der Waals surface area (Å²) in [5.41, 5.74) is -0.507. The molecule has 0 saturated heterocycles. The topological polar surface area (TPSA) is 67.5 Å². The highest BCUT2D eigenvalue weighted by Gasteiger charge is 2.17. The lowest BCUT2D eigenvalue weighted by Crippen LogP contribution is -2.15. The molecule has 0 fully saturated rings. The van der Waals surface area contributed by atoms with Crippen LogP contribution in [0.25, 0.3) is 11.0 Å². The number of fused-ring (bicyclic) bond motifs is 1. The van der Waals surface area contributed by atoms with Gasteiger partial charge in [-0.3, -0.25) is 0 Å². The van der Waals surface area contributed by atoms with E-state index in [9.17, 15) is 9.59 Å². The Balaban J connectivity index is 2.96. The summed E-state index contributed by atoms with van der Waals surface area (Å²) in [6.07, 6.45) is 0. The van der Waals surface area contributed by atoms with Crippen LogP contribution in [0.5, 0.6) is 0 Å². The fourth-order valence-corrected chi connectivity index (χ4v) is 1.74. The van der Waals surface area contributed by atoms with Crippen molar-refractivity contribution < 1.29 is 14.3 Å². The fourth-order valence-electron chi connectivity index (χ4n) is 1.57. The molecular formula is C11H7ClO4. The Kier molecular flexibility index (Phi) is 2.44. The maximum atomic E-state index is 11.4. The van der Waals surface area contributed by atoms with Crippen LogP contribution in [-0.4, -0.2) is 11.1 Å². The Morgan fingerprint density at radius 2 is 2.12 bits per heavy atom. The number of rotatable bonds is 1. The van der Waals surface area contributed by atoms with Crippen molar-refractivity contribution in [3.05, 3.63) is 44.8 Å². The summed E-state index contributed by atoms with van der Waals surface area (Å²) < 4.78 is 4.89. The molecule has 0 radical (unpaired) electrons. The zero-order valence-electron chi connectivity index (χ0n) is 8.28. The Hall–Kier alpha value is -1.81. The number of hydrogen-bond donors (Lipinski definition) is 1. The highest BCUT2D eigenvalue weighted by atomic mass is 35.5. The van der Waals surface area contributed by atoms with Gasteiger partial charge in [0.05, 0.1) is 0 Å². The standard InChI is InChI=1S/C11H7ClO4/c1-5-7-4-6(12)2-3-8(7)16-11(15)9(5)10(13)14/h2-4H,1H3,(H,13,14).